The lowest BCUT2D eigenvalue weighted by atomic mass is 10.2. The summed E-state index contributed by atoms with van der Waals surface area (Å²) in [6.07, 6.45) is 1.88. The maximum absolute atomic E-state index is 4.39. The first-order chi connectivity index (χ1) is 11.7. The molecule has 0 saturated heterocycles. The van der Waals surface area contributed by atoms with E-state index in [0.717, 1.165) is 26.8 Å². The lowest BCUT2D eigenvalue weighted by Crippen LogP contribution is -2.00. The van der Waals surface area contributed by atoms with Gasteiger partial charge in [-0.3, -0.25) is 4.57 Å². The van der Waals surface area contributed by atoms with Crippen LogP contribution < -0.4 is 0 Å². The Labute approximate surface area is 154 Å². The summed E-state index contributed by atoms with van der Waals surface area (Å²) in [6.45, 7) is 6.66. The summed E-state index contributed by atoms with van der Waals surface area (Å²) in [7, 11) is 0. The van der Waals surface area contributed by atoms with Crippen molar-refractivity contribution < 1.29 is 0 Å². The van der Waals surface area contributed by atoms with Crippen molar-refractivity contribution in [1.82, 2.24) is 14.8 Å². The molecule has 0 atom stereocenters. The molecule has 5 heteroatoms. The highest BCUT2D eigenvalue weighted by Crippen LogP contribution is 2.27. The Morgan fingerprint density at radius 3 is 2.67 bits per heavy atom. The Hall–Kier alpha value is -1.85. The number of hydrogen-bond donors (Lipinski definition) is 0. The van der Waals surface area contributed by atoms with E-state index in [1.165, 1.54) is 11.1 Å². The monoisotopic (exact) mass is 399 g/mol. The van der Waals surface area contributed by atoms with Crippen molar-refractivity contribution in [3.8, 4) is 11.4 Å². The summed E-state index contributed by atoms with van der Waals surface area (Å²) in [4.78, 5) is 0. The minimum atomic E-state index is 0.689. The predicted molar refractivity (Wildman–Crippen MR) is 104 cm³/mol. The van der Waals surface area contributed by atoms with E-state index in [0.29, 0.717) is 6.54 Å². The molecule has 3 nitrogen and oxygen atoms in total. The average molecular weight is 400 g/mol. The van der Waals surface area contributed by atoms with E-state index in [4.69, 9.17) is 0 Å². The molecule has 0 aliphatic heterocycles. The molecular formula is C19H18BrN3S. The second kappa shape index (κ2) is 7.81. The maximum atomic E-state index is 4.39. The van der Waals surface area contributed by atoms with Gasteiger partial charge < -0.3 is 0 Å². The fourth-order valence-electron chi connectivity index (χ4n) is 2.45. The second-order valence-electron chi connectivity index (χ2n) is 5.49. The van der Waals surface area contributed by atoms with Crippen LogP contribution in [0.25, 0.3) is 11.4 Å². The van der Waals surface area contributed by atoms with Gasteiger partial charge in [0.2, 0.25) is 0 Å². The van der Waals surface area contributed by atoms with Crippen molar-refractivity contribution in [3.63, 3.8) is 0 Å². The van der Waals surface area contributed by atoms with Gasteiger partial charge in [-0.1, -0.05) is 75.7 Å². The fourth-order valence-corrected chi connectivity index (χ4v) is 3.61. The number of benzene rings is 2. The number of halogens is 1. The van der Waals surface area contributed by atoms with E-state index in [1.807, 2.05) is 30.3 Å². The first kappa shape index (κ1) is 17.0. The summed E-state index contributed by atoms with van der Waals surface area (Å²) in [5.74, 6) is 1.74. The third kappa shape index (κ3) is 3.97. The first-order valence-electron chi connectivity index (χ1n) is 7.66. The molecule has 1 aromatic heterocycles. The van der Waals surface area contributed by atoms with Crippen LogP contribution in [0.1, 0.15) is 11.1 Å². The van der Waals surface area contributed by atoms with E-state index in [2.05, 4.69) is 68.5 Å². The van der Waals surface area contributed by atoms with Crippen molar-refractivity contribution in [2.24, 2.45) is 0 Å². The van der Waals surface area contributed by atoms with Gasteiger partial charge in [-0.15, -0.1) is 16.8 Å². The molecule has 3 rings (SSSR count). The van der Waals surface area contributed by atoms with Crippen LogP contribution in [0.2, 0.25) is 0 Å². The lowest BCUT2D eigenvalue weighted by molar-refractivity contribution is 0.731. The zero-order chi connectivity index (χ0) is 16.9. The Morgan fingerprint density at radius 1 is 1.17 bits per heavy atom. The predicted octanol–water partition coefficient (Wildman–Crippen LogP) is 5.49. The van der Waals surface area contributed by atoms with Crippen molar-refractivity contribution in [2.75, 3.05) is 0 Å². The van der Waals surface area contributed by atoms with Gasteiger partial charge >= 0.3 is 0 Å². The minimum Gasteiger partial charge on any atom is -0.298 e. The van der Waals surface area contributed by atoms with Gasteiger partial charge in [0.25, 0.3) is 0 Å². The molecule has 0 saturated carbocycles. The summed E-state index contributed by atoms with van der Waals surface area (Å²) in [5.41, 5.74) is 3.62. The second-order valence-corrected chi connectivity index (χ2v) is 7.35. The lowest BCUT2D eigenvalue weighted by Gasteiger charge is -2.08. The van der Waals surface area contributed by atoms with Crippen LogP contribution in [0.15, 0.2) is 70.8 Å². The van der Waals surface area contributed by atoms with Crippen LogP contribution >= 0.6 is 27.7 Å². The Bertz CT molecular complexity index is 840. The van der Waals surface area contributed by atoms with Crippen molar-refractivity contribution in [3.05, 3.63) is 76.8 Å². The van der Waals surface area contributed by atoms with E-state index in [-0.39, 0.29) is 0 Å². The molecule has 0 aliphatic rings. The molecule has 0 amide bonds. The van der Waals surface area contributed by atoms with E-state index in [1.54, 1.807) is 11.8 Å². The van der Waals surface area contributed by atoms with Gasteiger partial charge in [0.1, 0.15) is 0 Å². The zero-order valence-corrected chi connectivity index (χ0v) is 15.8. The molecule has 0 unspecified atom stereocenters. The topological polar surface area (TPSA) is 30.7 Å². The molecule has 0 radical (unpaired) electrons. The first-order valence-corrected chi connectivity index (χ1v) is 9.43. The molecule has 1 heterocycles. The number of nitrogens with zero attached hydrogens (tertiary/aromatic N) is 3. The van der Waals surface area contributed by atoms with Crippen LogP contribution in [0.3, 0.4) is 0 Å². The van der Waals surface area contributed by atoms with Crippen LogP contribution in [-0.4, -0.2) is 14.8 Å². The number of aromatic nitrogens is 3. The number of thioether (sulfide) groups is 1. The molecule has 0 spiro atoms. The third-order valence-corrected chi connectivity index (χ3v) is 5.15. The van der Waals surface area contributed by atoms with Crippen LogP contribution in [0.4, 0.5) is 0 Å². The minimum absolute atomic E-state index is 0.689. The normalized spacial score (nSPS) is 10.8. The molecule has 122 valence electrons. The van der Waals surface area contributed by atoms with Gasteiger partial charge in [-0.25, -0.2) is 0 Å². The summed E-state index contributed by atoms with van der Waals surface area (Å²) in [5, 5.41) is 9.69. The van der Waals surface area contributed by atoms with Gasteiger partial charge in [0, 0.05) is 22.3 Å². The molecule has 0 aliphatic carbocycles. The Balaban J connectivity index is 1.85. The summed E-state index contributed by atoms with van der Waals surface area (Å²) in [6, 6.07) is 16.7. The SMILES string of the molecule is C=CCn1c(SCc2cccc(C)c2)nnc1-c1ccc(Br)cc1. The van der Waals surface area contributed by atoms with Gasteiger partial charge in [-0.05, 0) is 24.6 Å². The Kier molecular flexibility index (Phi) is 5.53. The van der Waals surface area contributed by atoms with Crippen LogP contribution in [0.5, 0.6) is 0 Å². The van der Waals surface area contributed by atoms with E-state index >= 15 is 0 Å². The molecule has 24 heavy (non-hydrogen) atoms. The molecule has 0 N–H and O–H groups in total. The Morgan fingerprint density at radius 2 is 1.96 bits per heavy atom. The molecule has 3 aromatic rings. The quantitative estimate of drug-likeness (QED) is 0.405. The highest BCUT2D eigenvalue weighted by molar-refractivity contribution is 9.10. The summed E-state index contributed by atoms with van der Waals surface area (Å²) < 4.78 is 3.16. The fraction of sp³-hybridized carbons (Fsp3) is 0.158. The molecule has 0 bridgehead atoms. The van der Waals surface area contributed by atoms with Crippen molar-refractivity contribution >= 4 is 27.7 Å². The van der Waals surface area contributed by atoms with Crippen molar-refractivity contribution in [1.29, 1.82) is 0 Å². The number of aryl methyl sites for hydroxylation is 1. The van der Waals surface area contributed by atoms with Gasteiger partial charge in [-0.2, -0.15) is 0 Å². The average Bonchev–Trinajstić information content (AvgIpc) is 2.97. The highest BCUT2D eigenvalue weighted by Gasteiger charge is 2.13. The smallest absolute Gasteiger partial charge is 0.192 e. The highest BCUT2D eigenvalue weighted by atomic mass is 79.9. The zero-order valence-electron chi connectivity index (χ0n) is 13.4. The standard InChI is InChI=1S/C19H18BrN3S/c1-3-11-23-18(16-7-9-17(20)10-8-16)21-22-19(23)24-13-15-6-4-5-14(2)12-15/h3-10,12H,1,11,13H2,2H3. The number of rotatable bonds is 6. The molecule has 2 aromatic carbocycles. The number of allylic oxidation sites excluding steroid dienone is 1. The van der Waals surface area contributed by atoms with Crippen molar-refractivity contribution in [2.45, 2.75) is 24.4 Å². The largest absolute Gasteiger partial charge is 0.298 e. The van der Waals surface area contributed by atoms with Crippen LogP contribution in [-0.2, 0) is 12.3 Å². The van der Waals surface area contributed by atoms with E-state index < -0.39 is 0 Å². The van der Waals surface area contributed by atoms with Crippen LogP contribution in [0, 0.1) is 6.92 Å². The third-order valence-electron chi connectivity index (χ3n) is 3.58. The molecular weight excluding hydrogens is 382 g/mol. The number of hydrogen-bond acceptors (Lipinski definition) is 3. The molecule has 0 fully saturated rings. The summed E-state index contributed by atoms with van der Waals surface area (Å²) >= 11 is 5.17. The van der Waals surface area contributed by atoms with Gasteiger partial charge in [0.05, 0.1) is 0 Å². The van der Waals surface area contributed by atoms with Gasteiger partial charge in [0.15, 0.2) is 11.0 Å². The van der Waals surface area contributed by atoms with E-state index in [9.17, 15) is 0 Å². The maximum Gasteiger partial charge on any atom is 0.192 e.